The lowest BCUT2D eigenvalue weighted by molar-refractivity contribution is -0.385. The predicted molar refractivity (Wildman–Crippen MR) is 79.9 cm³/mol. The van der Waals surface area contributed by atoms with Crippen molar-refractivity contribution in [1.29, 1.82) is 0 Å². The molecule has 0 bridgehead atoms. The average Bonchev–Trinajstić information content (AvgIpc) is 2.42. The molecule has 2 aromatic rings. The molecule has 0 aliphatic rings. The van der Waals surface area contributed by atoms with Gasteiger partial charge in [-0.15, -0.1) is 0 Å². The fourth-order valence-electron chi connectivity index (χ4n) is 1.93. The molecule has 0 N–H and O–H groups in total. The van der Waals surface area contributed by atoms with Gasteiger partial charge in [-0.2, -0.15) is 0 Å². The molecule has 2 rings (SSSR count). The van der Waals surface area contributed by atoms with Gasteiger partial charge in [0.1, 0.15) is 5.82 Å². The zero-order valence-corrected chi connectivity index (χ0v) is 12.6. The molecule has 2 aromatic carbocycles. The number of halogens is 3. The van der Waals surface area contributed by atoms with Crippen molar-refractivity contribution in [2.75, 3.05) is 0 Å². The molecular weight excluding hydrogens is 349 g/mol. The van der Waals surface area contributed by atoms with Crippen LogP contribution in [-0.4, -0.2) is 4.92 Å². The van der Waals surface area contributed by atoms with Crippen molar-refractivity contribution in [2.45, 2.75) is 11.2 Å². The Kier molecular flexibility index (Phi) is 4.73. The number of hydrogen-bond donors (Lipinski definition) is 0. The molecule has 0 aliphatic heterocycles. The summed E-state index contributed by atoms with van der Waals surface area (Å²) >= 11 is 9.34. The number of para-hydroxylation sites is 1. The van der Waals surface area contributed by atoms with Crippen molar-refractivity contribution in [1.82, 2.24) is 0 Å². The van der Waals surface area contributed by atoms with Crippen LogP contribution in [-0.2, 0) is 6.42 Å². The molecule has 0 aromatic heterocycles. The monoisotopic (exact) mass is 357 g/mol. The normalized spacial score (nSPS) is 12.2. The first kappa shape index (κ1) is 14.9. The minimum absolute atomic E-state index is 0.0351. The van der Waals surface area contributed by atoms with E-state index in [0.717, 1.165) is 0 Å². The Hall–Kier alpha value is -1.46. The van der Waals surface area contributed by atoms with Gasteiger partial charge in [-0.1, -0.05) is 57.9 Å². The lowest BCUT2D eigenvalue weighted by Gasteiger charge is -2.12. The summed E-state index contributed by atoms with van der Waals surface area (Å²) in [6, 6.07) is 11.0. The highest BCUT2D eigenvalue weighted by atomic mass is 79.9. The molecule has 0 amide bonds. The van der Waals surface area contributed by atoms with Gasteiger partial charge in [0, 0.05) is 16.5 Å². The first-order chi connectivity index (χ1) is 9.50. The van der Waals surface area contributed by atoms with E-state index >= 15 is 0 Å². The summed E-state index contributed by atoms with van der Waals surface area (Å²) in [6.07, 6.45) is 0.348. The van der Waals surface area contributed by atoms with Crippen LogP contribution in [0.25, 0.3) is 0 Å². The predicted octanol–water partition coefficient (Wildman–Crippen LogP) is 5.07. The van der Waals surface area contributed by atoms with Gasteiger partial charge < -0.3 is 0 Å². The average molecular weight is 359 g/mol. The molecular formula is C14H10BrClFNO2. The number of nitro groups is 1. The van der Waals surface area contributed by atoms with Crippen LogP contribution < -0.4 is 0 Å². The van der Waals surface area contributed by atoms with Gasteiger partial charge in [0.25, 0.3) is 5.69 Å². The van der Waals surface area contributed by atoms with Crippen LogP contribution in [0, 0.1) is 15.9 Å². The zero-order chi connectivity index (χ0) is 14.7. The number of benzene rings is 2. The number of nitrogens with zero attached hydrogens (tertiary/aromatic N) is 1. The minimum atomic E-state index is -0.504. The van der Waals surface area contributed by atoms with E-state index in [1.807, 2.05) is 0 Å². The third kappa shape index (κ3) is 3.16. The molecule has 1 atom stereocenters. The molecule has 104 valence electrons. The Morgan fingerprint density at radius 1 is 1.25 bits per heavy atom. The van der Waals surface area contributed by atoms with Gasteiger partial charge in [0.05, 0.1) is 9.95 Å². The van der Waals surface area contributed by atoms with E-state index in [-0.39, 0.29) is 15.5 Å². The van der Waals surface area contributed by atoms with Crippen LogP contribution in [0.15, 0.2) is 42.5 Å². The first-order valence-electron chi connectivity index (χ1n) is 5.81. The third-order valence-corrected chi connectivity index (χ3v) is 4.12. The maximum atomic E-state index is 13.4. The van der Waals surface area contributed by atoms with E-state index in [2.05, 4.69) is 15.9 Å². The third-order valence-electron chi connectivity index (χ3n) is 2.91. The number of hydrogen-bond acceptors (Lipinski definition) is 2. The second-order valence-corrected chi connectivity index (χ2v) is 5.68. The minimum Gasteiger partial charge on any atom is -0.258 e. The molecule has 0 heterocycles. The molecule has 0 aliphatic carbocycles. The lowest BCUT2D eigenvalue weighted by atomic mass is 10.0. The number of nitro benzene ring substituents is 1. The summed E-state index contributed by atoms with van der Waals surface area (Å²) in [4.78, 5) is 10.2. The van der Waals surface area contributed by atoms with E-state index in [0.29, 0.717) is 17.5 Å². The highest BCUT2D eigenvalue weighted by Gasteiger charge is 2.19. The van der Waals surface area contributed by atoms with Crippen LogP contribution in [0.1, 0.15) is 16.0 Å². The summed E-state index contributed by atoms with van der Waals surface area (Å²) in [7, 11) is 0. The number of rotatable bonds is 4. The summed E-state index contributed by atoms with van der Waals surface area (Å²) < 4.78 is 13.4. The smallest absolute Gasteiger partial charge is 0.258 e. The molecule has 0 radical (unpaired) electrons. The van der Waals surface area contributed by atoms with Crippen LogP contribution in [0.5, 0.6) is 0 Å². The quantitative estimate of drug-likeness (QED) is 0.435. The lowest BCUT2D eigenvalue weighted by Crippen LogP contribution is -2.01. The molecule has 6 heteroatoms. The first-order valence-corrected chi connectivity index (χ1v) is 7.10. The van der Waals surface area contributed by atoms with Crippen LogP contribution >= 0.6 is 27.5 Å². The second kappa shape index (κ2) is 6.33. The van der Waals surface area contributed by atoms with Gasteiger partial charge in [-0.05, 0) is 18.1 Å². The molecule has 0 spiro atoms. The van der Waals surface area contributed by atoms with Crippen molar-refractivity contribution in [3.05, 3.63) is 74.5 Å². The van der Waals surface area contributed by atoms with Gasteiger partial charge in [0.2, 0.25) is 0 Å². The highest BCUT2D eigenvalue weighted by Crippen LogP contribution is 2.35. The molecule has 0 saturated carbocycles. The summed E-state index contributed by atoms with van der Waals surface area (Å²) in [5.74, 6) is -0.504. The molecule has 1 unspecified atom stereocenters. The van der Waals surface area contributed by atoms with Gasteiger partial charge >= 0.3 is 0 Å². The zero-order valence-electron chi connectivity index (χ0n) is 10.2. The molecule has 0 saturated heterocycles. The van der Waals surface area contributed by atoms with E-state index in [1.54, 1.807) is 30.3 Å². The largest absolute Gasteiger partial charge is 0.272 e. The fraction of sp³-hybridized carbons (Fsp3) is 0.143. The SMILES string of the molecule is O=[N+]([O-])c1ccccc1CC(Br)c1cccc(F)c1Cl. The van der Waals surface area contributed by atoms with Crippen molar-refractivity contribution in [3.63, 3.8) is 0 Å². The number of alkyl halides is 1. The van der Waals surface area contributed by atoms with Gasteiger partial charge in [0.15, 0.2) is 0 Å². The Labute approximate surface area is 128 Å². The van der Waals surface area contributed by atoms with Crippen LogP contribution in [0.3, 0.4) is 0 Å². The standard InChI is InChI=1S/C14H10BrClFNO2/c15-11(10-5-3-6-12(17)14(10)16)8-9-4-1-2-7-13(9)18(19)20/h1-7,11H,8H2. The second-order valence-electron chi connectivity index (χ2n) is 4.20. The van der Waals surface area contributed by atoms with E-state index in [4.69, 9.17) is 11.6 Å². The topological polar surface area (TPSA) is 43.1 Å². The Morgan fingerprint density at radius 2 is 1.95 bits per heavy atom. The molecule has 0 fully saturated rings. The van der Waals surface area contributed by atoms with Gasteiger partial charge in [-0.3, -0.25) is 10.1 Å². The fourth-order valence-corrected chi connectivity index (χ4v) is 3.05. The van der Waals surface area contributed by atoms with E-state index in [9.17, 15) is 14.5 Å². The highest BCUT2D eigenvalue weighted by molar-refractivity contribution is 9.09. The van der Waals surface area contributed by atoms with Crippen LogP contribution in [0.2, 0.25) is 5.02 Å². The summed E-state index contributed by atoms with van der Waals surface area (Å²) in [5, 5.41) is 11.0. The Bertz CT molecular complexity index is 651. The molecule has 3 nitrogen and oxygen atoms in total. The summed E-state index contributed by atoms with van der Waals surface area (Å²) in [6.45, 7) is 0. The maximum absolute atomic E-state index is 13.4. The Balaban J connectivity index is 2.30. The van der Waals surface area contributed by atoms with Crippen molar-refractivity contribution < 1.29 is 9.31 Å². The van der Waals surface area contributed by atoms with Crippen molar-refractivity contribution in [3.8, 4) is 0 Å². The maximum Gasteiger partial charge on any atom is 0.272 e. The summed E-state index contributed by atoms with van der Waals surface area (Å²) in [5.41, 5.74) is 1.19. The molecule has 20 heavy (non-hydrogen) atoms. The van der Waals surface area contributed by atoms with E-state index < -0.39 is 10.7 Å². The van der Waals surface area contributed by atoms with Crippen molar-refractivity contribution >= 4 is 33.2 Å². The van der Waals surface area contributed by atoms with E-state index in [1.165, 1.54) is 12.1 Å². The van der Waals surface area contributed by atoms with Crippen molar-refractivity contribution in [2.24, 2.45) is 0 Å². The van der Waals surface area contributed by atoms with Crippen LogP contribution in [0.4, 0.5) is 10.1 Å². The van der Waals surface area contributed by atoms with Gasteiger partial charge in [-0.25, -0.2) is 4.39 Å². The Morgan fingerprint density at radius 3 is 2.65 bits per heavy atom.